The molecule has 26 heavy (non-hydrogen) atoms. The van der Waals surface area contributed by atoms with Gasteiger partial charge in [0.1, 0.15) is 5.76 Å². The molecule has 0 saturated heterocycles. The van der Waals surface area contributed by atoms with Crippen LogP contribution in [0.1, 0.15) is 53.4 Å². The van der Waals surface area contributed by atoms with E-state index in [9.17, 15) is 9.59 Å². The first kappa shape index (κ1) is 18.2. The van der Waals surface area contributed by atoms with E-state index < -0.39 is 5.97 Å². The van der Waals surface area contributed by atoms with Crippen LogP contribution in [0.2, 0.25) is 0 Å². The molecular weight excluding hydrogens is 332 g/mol. The summed E-state index contributed by atoms with van der Waals surface area (Å²) in [5.41, 5.74) is 4.14. The zero-order chi connectivity index (χ0) is 18.5. The van der Waals surface area contributed by atoms with Gasteiger partial charge in [0.05, 0.1) is 11.7 Å². The fourth-order valence-electron chi connectivity index (χ4n) is 3.44. The molecule has 0 aliphatic heterocycles. The molecular formula is C20H24N2O4. The summed E-state index contributed by atoms with van der Waals surface area (Å²) in [6.07, 6.45) is 3.68. The van der Waals surface area contributed by atoms with Crippen molar-refractivity contribution in [1.29, 1.82) is 0 Å². The second-order valence-electron chi connectivity index (χ2n) is 6.67. The third-order valence-corrected chi connectivity index (χ3v) is 4.83. The fourth-order valence-corrected chi connectivity index (χ4v) is 3.44. The minimum atomic E-state index is -0.399. The van der Waals surface area contributed by atoms with Gasteiger partial charge >= 0.3 is 5.97 Å². The third-order valence-electron chi connectivity index (χ3n) is 4.83. The zero-order valence-corrected chi connectivity index (χ0v) is 15.2. The van der Waals surface area contributed by atoms with Gasteiger partial charge < -0.3 is 14.6 Å². The molecule has 3 rings (SSSR count). The lowest BCUT2D eigenvalue weighted by Crippen LogP contribution is -2.34. The van der Waals surface area contributed by atoms with Gasteiger partial charge in [-0.05, 0) is 50.7 Å². The second kappa shape index (κ2) is 8.17. The first-order valence-electron chi connectivity index (χ1n) is 8.99. The summed E-state index contributed by atoms with van der Waals surface area (Å²) in [5, 5.41) is 6.84. The molecule has 1 amide bonds. The summed E-state index contributed by atoms with van der Waals surface area (Å²) in [6, 6.07) is 8.15. The number of aryl methyl sites for hydroxylation is 3. The number of nitrogens with zero attached hydrogens (tertiary/aromatic N) is 1. The van der Waals surface area contributed by atoms with E-state index in [2.05, 4.69) is 22.6 Å². The van der Waals surface area contributed by atoms with Gasteiger partial charge in [-0.2, -0.15) is 0 Å². The van der Waals surface area contributed by atoms with E-state index >= 15 is 0 Å². The topological polar surface area (TPSA) is 81.4 Å². The van der Waals surface area contributed by atoms with Crippen molar-refractivity contribution in [3.05, 3.63) is 52.4 Å². The number of fused-ring (bicyclic) bond motifs is 1. The number of ether oxygens (including phenoxy) is 1. The van der Waals surface area contributed by atoms with Crippen molar-refractivity contribution in [2.45, 2.75) is 52.0 Å². The Hall–Kier alpha value is -2.63. The highest BCUT2D eigenvalue weighted by Gasteiger charge is 2.21. The number of aromatic nitrogens is 1. The van der Waals surface area contributed by atoms with Crippen LogP contribution in [0.3, 0.4) is 0 Å². The Labute approximate surface area is 152 Å². The number of hydrogen-bond donors (Lipinski definition) is 1. The Bertz CT molecular complexity index is 777. The molecule has 1 aliphatic rings. The van der Waals surface area contributed by atoms with Crippen molar-refractivity contribution in [1.82, 2.24) is 10.5 Å². The molecule has 2 aromatic rings. The predicted molar refractivity (Wildman–Crippen MR) is 95.5 cm³/mol. The Balaban J connectivity index is 1.45. The van der Waals surface area contributed by atoms with Crippen molar-refractivity contribution in [3.8, 4) is 0 Å². The van der Waals surface area contributed by atoms with Crippen LogP contribution in [0, 0.1) is 13.8 Å². The maximum absolute atomic E-state index is 12.2. The quantitative estimate of drug-likeness (QED) is 0.805. The Morgan fingerprint density at radius 3 is 2.88 bits per heavy atom. The van der Waals surface area contributed by atoms with Crippen LogP contribution in [0.15, 0.2) is 28.8 Å². The molecule has 1 N–H and O–H groups in total. The number of amides is 1. The Morgan fingerprint density at radius 1 is 1.31 bits per heavy atom. The number of hydrogen-bond acceptors (Lipinski definition) is 5. The first-order chi connectivity index (χ1) is 12.5. The van der Waals surface area contributed by atoms with Gasteiger partial charge in [-0.1, -0.05) is 29.4 Å². The molecule has 0 fully saturated rings. The summed E-state index contributed by atoms with van der Waals surface area (Å²) in [7, 11) is 0. The smallest absolute Gasteiger partial charge is 0.306 e. The molecule has 6 heteroatoms. The van der Waals surface area contributed by atoms with Crippen molar-refractivity contribution in [3.63, 3.8) is 0 Å². The van der Waals surface area contributed by atoms with E-state index in [4.69, 9.17) is 9.26 Å². The van der Waals surface area contributed by atoms with Gasteiger partial charge in [0.15, 0.2) is 6.61 Å². The van der Waals surface area contributed by atoms with Gasteiger partial charge in [0.25, 0.3) is 5.91 Å². The SMILES string of the molecule is Cc1noc(C)c1CCC(=O)OCC(=O)N[C@@H]1CCCc2ccccc21. The van der Waals surface area contributed by atoms with E-state index in [-0.39, 0.29) is 25.0 Å². The lowest BCUT2D eigenvalue weighted by atomic mass is 9.88. The fraction of sp³-hybridized carbons (Fsp3) is 0.450. The summed E-state index contributed by atoms with van der Waals surface area (Å²) in [4.78, 5) is 24.1. The first-order valence-corrected chi connectivity index (χ1v) is 8.99. The van der Waals surface area contributed by atoms with Gasteiger partial charge in [0.2, 0.25) is 0 Å². The minimum absolute atomic E-state index is 0.00606. The molecule has 0 unspecified atom stereocenters. The Kier molecular flexibility index (Phi) is 5.71. The molecule has 1 aromatic heterocycles. The van der Waals surface area contributed by atoms with Crippen LogP contribution in [-0.2, 0) is 27.2 Å². The van der Waals surface area contributed by atoms with Crippen molar-refractivity contribution < 1.29 is 18.8 Å². The standard InChI is InChI=1S/C20H24N2O4/c1-13-16(14(2)26-22-13)10-11-20(24)25-12-19(23)21-18-9-5-7-15-6-3-4-8-17(15)18/h3-4,6,8,18H,5,7,9-12H2,1-2H3,(H,21,23)/t18-/m1/s1. The van der Waals surface area contributed by atoms with E-state index in [0.29, 0.717) is 12.2 Å². The number of esters is 1. The molecule has 0 bridgehead atoms. The molecule has 1 aromatic carbocycles. The summed E-state index contributed by atoms with van der Waals surface area (Å²) in [5.74, 6) is 0.0468. The van der Waals surface area contributed by atoms with Crippen LogP contribution in [-0.4, -0.2) is 23.6 Å². The normalized spacial score (nSPS) is 16.0. The number of carbonyl (C=O) groups is 2. The van der Waals surface area contributed by atoms with E-state index in [1.165, 1.54) is 5.56 Å². The van der Waals surface area contributed by atoms with Crippen molar-refractivity contribution >= 4 is 11.9 Å². The van der Waals surface area contributed by atoms with Crippen LogP contribution in [0.25, 0.3) is 0 Å². The van der Waals surface area contributed by atoms with E-state index in [1.54, 1.807) is 0 Å². The number of rotatable bonds is 6. The lowest BCUT2D eigenvalue weighted by Gasteiger charge is -2.26. The van der Waals surface area contributed by atoms with Crippen LogP contribution >= 0.6 is 0 Å². The largest absolute Gasteiger partial charge is 0.456 e. The van der Waals surface area contributed by atoms with Crippen LogP contribution in [0.4, 0.5) is 0 Å². The summed E-state index contributed by atoms with van der Waals surface area (Å²) >= 11 is 0. The van der Waals surface area contributed by atoms with Gasteiger partial charge in [-0.3, -0.25) is 9.59 Å². The van der Waals surface area contributed by atoms with Gasteiger partial charge in [-0.15, -0.1) is 0 Å². The Morgan fingerprint density at radius 2 is 2.12 bits per heavy atom. The lowest BCUT2D eigenvalue weighted by molar-refractivity contribution is -0.148. The summed E-state index contributed by atoms with van der Waals surface area (Å²) in [6.45, 7) is 3.40. The molecule has 0 radical (unpaired) electrons. The highest BCUT2D eigenvalue weighted by molar-refractivity contribution is 5.81. The minimum Gasteiger partial charge on any atom is -0.456 e. The highest BCUT2D eigenvalue weighted by Crippen LogP contribution is 2.29. The molecule has 1 atom stereocenters. The second-order valence-corrected chi connectivity index (χ2v) is 6.67. The highest BCUT2D eigenvalue weighted by atomic mass is 16.5. The van der Waals surface area contributed by atoms with Crippen molar-refractivity contribution in [2.24, 2.45) is 0 Å². The van der Waals surface area contributed by atoms with Crippen molar-refractivity contribution in [2.75, 3.05) is 6.61 Å². The van der Waals surface area contributed by atoms with Gasteiger partial charge in [-0.25, -0.2) is 0 Å². The van der Waals surface area contributed by atoms with E-state index in [0.717, 1.165) is 36.1 Å². The molecule has 6 nitrogen and oxygen atoms in total. The summed E-state index contributed by atoms with van der Waals surface area (Å²) < 4.78 is 10.2. The average Bonchev–Trinajstić information content (AvgIpc) is 2.96. The average molecular weight is 356 g/mol. The van der Waals surface area contributed by atoms with E-state index in [1.807, 2.05) is 26.0 Å². The predicted octanol–water partition coefficient (Wildman–Crippen LogP) is 2.96. The monoisotopic (exact) mass is 356 g/mol. The third kappa shape index (κ3) is 4.31. The molecule has 0 spiro atoms. The van der Waals surface area contributed by atoms with Gasteiger partial charge in [0, 0.05) is 12.0 Å². The number of carbonyl (C=O) groups excluding carboxylic acids is 2. The molecule has 0 saturated carbocycles. The molecule has 138 valence electrons. The van der Waals surface area contributed by atoms with Crippen LogP contribution < -0.4 is 5.32 Å². The maximum atomic E-state index is 12.2. The molecule has 1 aliphatic carbocycles. The molecule has 1 heterocycles. The van der Waals surface area contributed by atoms with Crippen LogP contribution in [0.5, 0.6) is 0 Å². The maximum Gasteiger partial charge on any atom is 0.306 e. The number of benzene rings is 1. The zero-order valence-electron chi connectivity index (χ0n) is 15.2. The number of nitrogens with one attached hydrogen (secondary N) is 1.